The first-order chi connectivity index (χ1) is 7.70. The van der Waals surface area contributed by atoms with Crippen LogP contribution in [0.4, 0.5) is 0 Å². The molecule has 3 nitrogen and oxygen atoms in total. The zero-order valence-electron chi connectivity index (χ0n) is 9.90. The van der Waals surface area contributed by atoms with Gasteiger partial charge in [-0.2, -0.15) is 0 Å². The van der Waals surface area contributed by atoms with Crippen LogP contribution in [0.3, 0.4) is 0 Å². The smallest absolute Gasteiger partial charge is 0.308 e. The van der Waals surface area contributed by atoms with Crippen molar-refractivity contribution in [1.29, 1.82) is 0 Å². The fraction of sp³-hybridized carbons (Fsp3) is 0.462. The van der Waals surface area contributed by atoms with Crippen molar-refractivity contribution in [3.8, 4) is 0 Å². The van der Waals surface area contributed by atoms with Gasteiger partial charge in [0.1, 0.15) is 6.61 Å². The normalized spacial score (nSPS) is 10.4. The van der Waals surface area contributed by atoms with Crippen LogP contribution in [-0.4, -0.2) is 19.1 Å². The molecule has 88 valence electrons. The molecule has 0 radical (unpaired) electrons. The second-order valence-electron chi connectivity index (χ2n) is 3.98. The van der Waals surface area contributed by atoms with Crippen LogP contribution in [0.25, 0.3) is 0 Å². The lowest BCUT2D eigenvalue weighted by molar-refractivity contribution is -0.147. The van der Waals surface area contributed by atoms with Crippen LogP contribution in [-0.2, 0) is 16.1 Å². The van der Waals surface area contributed by atoms with Gasteiger partial charge in [-0.15, -0.1) is 0 Å². The number of esters is 1. The Kier molecular flexibility index (Phi) is 5.57. The number of hydrogen-bond donors (Lipinski definition) is 1. The van der Waals surface area contributed by atoms with Crippen molar-refractivity contribution >= 4 is 5.97 Å². The predicted octanol–water partition coefficient (Wildman–Crippen LogP) is 1.98. The number of ether oxygens (including phenoxy) is 1. The van der Waals surface area contributed by atoms with E-state index in [1.54, 1.807) is 0 Å². The summed E-state index contributed by atoms with van der Waals surface area (Å²) >= 11 is 0. The summed E-state index contributed by atoms with van der Waals surface area (Å²) in [7, 11) is 0. The molecule has 0 amide bonds. The summed E-state index contributed by atoms with van der Waals surface area (Å²) in [5.74, 6) is -0.185. The molecule has 3 heteroatoms. The van der Waals surface area contributed by atoms with Gasteiger partial charge in [0.2, 0.25) is 0 Å². The number of carbonyl (C=O) groups is 1. The van der Waals surface area contributed by atoms with Gasteiger partial charge < -0.3 is 10.1 Å². The standard InChI is InChI=1S/C13H19NO2/c1-11(2)13(15)16-9-8-14-10-12-6-4-3-5-7-12/h3-7,11,14H,8-10H2,1-2H3. The molecule has 0 aromatic heterocycles. The van der Waals surface area contributed by atoms with Crippen LogP contribution < -0.4 is 5.32 Å². The van der Waals surface area contributed by atoms with Gasteiger partial charge in [0, 0.05) is 13.1 Å². The highest BCUT2D eigenvalue weighted by molar-refractivity contribution is 5.71. The molecule has 1 aromatic carbocycles. The Morgan fingerprint density at radius 3 is 2.62 bits per heavy atom. The van der Waals surface area contributed by atoms with Crippen LogP contribution in [0.2, 0.25) is 0 Å². The minimum atomic E-state index is -0.137. The van der Waals surface area contributed by atoms with E-state index in [9.17, 15) is 4.79 Å². The van der Waals surface area contributed by atoms with Gasteiger partial charge in [0.25, 0.3) is 0 Å². The van der Waals surface area contributed by atoms with Crippen LogP contribution in [0.15, 0.2) is 30.3 Å². The average molecular weight is 221 g/mol. The predicted molar refractivity (Wildman–Crippen MR) is 63.9 cm³/mol. The van der Waals surface area contributed by atoms with E-state index in [2.05, 4.69) is 17.4 Å². The highest BCUT2D eigenvalue weighted by atomic mass is 16.5. The zero-order valence-corrected chi connectivity index (χ0v) is 9.90. The van der Waals surface area contributed by atoms with E-state index in [0.29, 0.717) is 13.2 Å². The molecule has 1 N–H and O–H groups in total. The Hall–Kier alpha value is -1.35. The molecular formula is C13H19NO2. The number of carbonyl (C=O) groups excluding carboxylic acids is 1. The number of nitrogens with one attached hydrogen (secondary N) is 1. The fourth-order valence-electron chi connectivity index (χ4n) is 1.22. The molecule has 0 bridgehead atoms. The minimum Gasteiger partial charge on any atom is -0.464 e. The highest BCUT2D eigenvalue weighted by Crippen LogP contribution is 1.97. The van der Waals surface area contributed by atoms with Gasteiger partial charge in [-0.05, 0) is 5.56 Å². The fourth-order valence-corrected chi connectivity index (χ4v) is 1.22. The topological polar surface area (TPSA) is 38.3 Å². The van der Waals surface area contributed by atoms with Crippen LogP contribution in [0.5, 0.6) is 0 Å². The number of rotatable bonds is 6. The molecule has 0 aliphatic rings. The zero-order chi connectivity index (χ0) is 11.8. The molecule has 0 unspecified atom stereocenters. The summed E-state index contributed by atoms with van der Waals surface area (Å²) in [5.41, 5.74) is 1.23. The van der Waals surface area contributed by atoms with E-state index < -0.39 is 0 Å². The Balaban J connectivity index is 2.07. The van der Waals surface area contributed by atoms with E-state index >= 15 is 0 Å². The molecule has 0 saturated heterocycles. The summed E-state index contributed by atoms with van der Waals surface area (Å²) in [5, 5.41) is 3.22. The molecule has 0 heterocycles. The van der Waals surface area contributed by atoms with Gasteiger partial charge in [-0.1, -0.05) is 44.2 Å². The van der Waals surface area contributed by atoms with Gasteiger partial charge in [-0.3, -0.25) is 4.79 Å². The summed E-state index contributed by atoms with van der Waals surface area (Å²) in [6, 6.07) is 10.1. The third-order valence-electron chi connectivity index (χ3n) is 2.17. The van der Waals surface area contributed by atoms with Crippen molar-refractivity contribution in [3.05, 3.63) is 35.9 Å². The molecule has 0 atom stereocenters. The van der Waals surface area contributed by atoms with Crippen LogP contribution in [0.1, 0.15) is 19.4 Å². The molecule has 0 saturated carbocycles. The van der Waals surface area contributed by atoms with Gasteiger partial charge in [0.15, 0.2) is 0 Å². The van der Waals surface area contributed by atoms with E-state index in [1.165, 1.54) is 5.56 Å². The summed E-state index contributed by atoms with van der Waals surface area (Å²) in [6.45, 7) is 5.59. The van der Waals surface area contributed by atoms with Crippen molar-refractivity contribution in [2.24, 2.45) is 5.92 Å². The first-order valence-corrected chi connectivity index (χ1v) is 5.61. The molecule has 16 heavy (non-hydrogen) atoms. The quantitative estimate of drug-likeness (QED) is 0.589. The number of benzene rings is 1. The molecule has 0 fully saturated rings. The molecule has 1 aromatic rings. The van der Waals surface area contributed by atoms with Crippen LogP contribution >= 0.6 is 0 Å². The third kappa shape index (κ3) is 4.94. The SMILES string of the molecule is CC(C)C(=O)OCCNCc1ccccc1. The summed E-state index contributed by atoms with van der Waals surface area (Å²) < 4.78 is 5.04. The lowest BCUT2D eigenvalue weighted by Crippen LogP contribution is -2.22. The maximum absolute atomic E-state index is 11.1. The van der Waals surface area contributed by atoms with E-state index in [0.717, 1.165) is 6.54 Å². The highest BCUT2D eigenvalue weighted by Gasteiger charge is 2.06. The first-order valence-electron chi connectivity index (χ1n) is 5.61. The lowest BCUT2D eigenvalue weighted by Gasteiger charge is -2.08. The molecule has 0 spiro atoms. The average Bonchev–Trinajstić information content (AvgIpc) is 2.29. The van der Waals surface area contributed by atoms with Crippen molar-refractivity contribution in [2.75, 3.05) is 13.2 Å². The first kappa shape index (κ1) is 12.7. The van der Waals surface area contributed by atoms with E-state index in [4.69, 9.17) is 4.74 Å². The third-order valence-corrected chi connectivity index (χ3v) is 2.17. The maximum Gasteiger partial charge on any atom is 0.308 e. The van der Waals surface area contributed by atoms with E-state index in [-0.39, 0.29) is 11.9 Å². The van der Waals surface area contributed by atoms with Gasteiger partial charge in [0.05, 0.1) is 5.92 Å². The van der Waals surface area contributed by atoms with Crippen molar-refractivity contribution in [3.63, 3.8) is 0 Å². The van der Waals surface area contributed by atoms with Gasteiger partial charge >= 0.3 is 5.97 Å². The minimum absolute atomic E-state index is 0.0471. The molecule has 0 aliphatic heterocycles. The van der Waals surface area contributed by atoms with E-state index in [1.807, 2.05) is 32.0 Å². The largest absolute Gasteiger partial charge is 0.464 e. The van der Waals surface area contributed by atoms with Crippen molar-refractivity contribution in [2.45, 2.75) is 20.4 Å². The Morgan fingerprint density at radius 1 is 1.31 bits per heavy atom. The Bertz CT molecular complexity index is 309. The summed E-state index contributed by atoms with van der Waals surface area (Å²) in [4.78, 5) is 11.1. The monoisotopic (exact) mass is 221 g/mol. The maximum atomic E-state index is 11.1. The number of hydrogen-bond acceptors (Lipinski definition) is 3. The second kappa shape index (κ2) is 7.01. The van der Waals surface area contributed by atoms with Crippen molar-refractivity contribution in [1.82, 2.24) is 5.32 Å². The summed E-state index contributed by atoms with van der Waals surface area (Å²) in [6.07, 6.45) is 0. The second-order valence-corrected chi connectivity index (χ2v) is 3.98. The Morgan fingerprint density at radius 2 is 2.00 bits per heavy atom. The molecule has 1 rings (SSSR count). The molecular weight excluding hydrogens is 202 g/mol. The Labute approximate surface area is 96.8 Å². The van der Waals surface area contributed by atoms with Gasteiger partial charge in [-0.25, -0.2) is 0 Å². The molecule has 0 aliphatic carbocycles. The van der Waals surface area contributed by atoms with Crippen molar-refractivity contribution < 1.29 is 9.53 Å². The van der Waals surface area contributed by atoms with Crippen LogP contribution in [0, 0.1) is 5.92 Å². The lowest BCUT2D eigenvalue weighted by atomic mass is 10.2.